The van der Waals surface area contributed by atoms with Gasteiger partial charge in [0.25, 0.3) is 11.8 Å². The van der Waals surface area contributed by atoms with Crippen LogP contribution in [0.4, 0.5) is 0 Å². The van der Waals surface area contributed by atoms with Crippen LogP contribution in [0, 0.1) is 0 Å². The number of nitrogens with zero attached hydrogens (tertiary/aromatic N) is 1. The summed E-state index contributed by atoms with van der Waals surface area (Å²) in [5, 5.41) is 13.2. The van der Waals surface area contributed by atoms with Crippen LogP contribution in [-0.2, 0) is 0 Å². The molecule has 2 N–H and O–H groups in total. The van der Waals surface area contributed by atoms with E-state index >= 15 is 0 Å². The zero-order valence-corrected chi connectivity index (χ0v) is 15.4. The molecule has 0 spiro atoms. The van der Waals surface area contributed by atoms with Crippen LogP contribution in [0.3, 0.4) is 0 Å². The Morgan fingerprint density at radius 1 is 1.08 bits per heavy atom. The van der Waals surface area contributed by atoms with E-state index in [1.54, 1.807) is 35.2 Å². The van der Waals surface area contributed by atoms with Crippen molar-refractivity contribution < 1.29 is 14.7 Å². The number of amides is 2. The number of hydrogen-bond donors (Lipinski definition) is 2. The van der Waals surface area contributed by atoms with E-state index in [-0.39, 0.29) is 23.6 Å². The van der Waals surface area contributed by atoms with Crippen LogP contribution in [0.1, 0.15) is 33.6 Å². The molecule has 0 aromatic heterocycles. The zero-order valence-electron chi connectivity index (χ0n) is 13.9. The Labute approximate surface area is 161 Å². The Bertz CT molecular complexity index is 833. The molecule has 3 rings (SSSR count). The van der Waals surface area contributed by atoms with Crippen LogP contribution in [0.2, 0.25) is 10.0 Å². The van der Waals surface area contributed by atoms with Crippen LogP contribution in [-0.4, -0.2) is 41.0 Å². The minimum Gasteiger partial charge on any atom is -0.508 e. The minimum atomic E-state index is -0.230. The van der Waals surface area contributed by atoms with Crippen molar-refractivity contribution in [2.24, 2.45) is 0 Å². The molecule has 0 atom stereocenters. The summed E-state index contributed by atoms with van der Waals surface area (Å²) in [5.74, 6) is -0.311. The van der Waals surface area contributed by atoms with E-state index in [1.807, 2.05) is 0 Å². The van der Waals surface area contributed by atoms with Gasteiger partial charge in [-0.05, 0) is 49.2 Å². The van der Waals surface area contributed by atoms with Crippen molar-refractivity contribution in [3.63, 3.8) is 0 Å². The number of rotatable bonds is 3. The monoisotopic (exact) mass is 392 g/mol. The van der Waals surface area contributed by atoms with Crippen molar-refractivity contribution in [3.8, 4) is 5.75 Å². The standard InChI is InChI=1S/C19H18Cl2N2O3/c20-13-4-5-16(17(21)11-13)19(26)23-8-6-14(7-9-23)22-18(25)12-2-1-3-15(24)10-12/h1-5,10-11,14,24H,6-9H2,(H,22,25). The van der Waals surface area contributed by atoms with Gasteiger partial charge in [0.05, 0.1) is 10.6 Å². The van der Waals surface area contributed by atoms with E-state index < -0.39 is 0 Å². The molecule has 0 aliphatic carbocycles. The molecule has 7 heteroatoms. The first-order valence-electron chi connectivity index (χ1n) is 8.28. The van der Waals surface area contributed by atoms with Crippen molar-refractivity contribution >= 4 is 35.0 Å². The highest BCUT2D eigenvalue weighted by atomic mass is 35.5. The highest BCUT2D eigenvalue weighted by Crippen LogP contribution is 2.24. The van der Waals surface area contributed by atoms with Gasteiger partial charge in [-0.1, -0.05) is 29.3 Å². The molecule has 1 aliphatic rings. The van der Waals surface area contributed by atoms with Gasteiger partial charge in [-0.25, -0.2) is 0 Å². The number of phenols is 1. The molecule has 1 fully saturated rings. The summed E-state index contributed by atoms with van der Waals surface area (Å²) < 4.78 is 0. The number of nitrogens with one attached hydrogen (secondary N) is 1. The molecule has 2 aromatic carbocycles. The number of carbonyl (C=O) groups is 2. The average Bonchev–Trinajstić information content (AvgIpc) is 2.62. The molecule has 5 nitrogen and oxygen atoms in total. The van der Waals surface area contributed by atoms with Gasteiger partial charge in [0.2, 0.25) is 0 Å². The smallest absolute Gasteiger partial charge is 0.255 e. The van der Waals surface area contributed by atoms with E-state index in [0.717, 1.165) is 0 Å². The Balaban J connectivity index is 1.57. The largest absolute Gasteiger partial charge is 0.508 e. The van der Waals surface area contributed by atoms with Gasteiger partial charge in [-0.2, -0.15) is 0 Å². The fourth-order valence-corrected chi connectivity index (χ4v) is 3.47. The number of carbonyl (C=O) groups excluding carboxylic acids is 2. The molecular formula is C19H18Cl2N2O3. The number of halogens is 2. The Morgan fingerprint density at radius 2 is 1.81 bits per heavy atom. The molecule has 2 aromatic rings. The van der Waals surface area contributed by atoms with Gasteiger partial charge in [0.15, 0.2) is 0 Å². The second kappa shape index (κ2) is 7.98. The summed E-state index contributed by atoms with van der Waals surface area (Å²) in [4.78, 5) is 26.6. The third-order valence-corrected chi connectivity index (χ3v) is 4.94. The zero-order chi connectivity index (χ0) is 18.7. The highest BCUT2D eigenvalue weighted by Gasteiger charge is 2.26. The molecular weight excluding hydrogens is 375 g/mol. The lowest BCUT2D eigenvalue weighted by Crippen LogP contribution is -2.46. The Hall–Kier alpha value is -2.24. The number of aromatic hydroxyl groups is 1. The molecule has 136 valence electrons. The second-order valence-electron chi connectivity index (χ2n) is 6.21. The normalized spacial score (nSPS) is 14.9. The lowest BCUT2D eigenvalue weighted by atomic mass is 10.0. The number of benzene rings is 2. The Morgan fingerprint density at radius 3 is 2.46 bits per heavy atom. The third-order valence-electron chi connectivity index (χ3n) is 4.39. The quantitative estimate of drug-likeness (QED) is 0.835. The molecule has 1 heterocycles. The fourth-order valence-electron chi connectivity index (χ4n) is 2.98. The third kappa shape index (κ3) is 4.29. The average molecular weight is 393 g/mol. The number of phenolic OH excluding ortho intramolecular Hbond substituents is 1. The summed E-state index contributed by atoms with van der Waals surface area (Å²) in [6, 6.07) is 11.0. The van der Waals surface area contributed by atoms with Crippen molar-refractivity contribution in [1.29, 1.82) is 0 Å². The minimum absolute atomic E-state index is 0.0189. The molecule has 0 saturated carbocycles. The van der Waals surface area contributed by atoms with Crippen LogP contribution in [0.25, 0.3) is 0 Å². The first-order chi connectivity index (χ1) is 12.4. The maximum absolute atomic E-state index is 12.6. The van der Waals surface area contributed by atoms with E-state index in [9.17, 15) is 14.7 Å². The lowest BCUT2D eigenvalue weighted by molar-refractivity contribution is 0.0698. The molecule has 0 radical (unpaired) electrons. The number of piperidine rings is 1. The van der Waals surface area contributed by atoms with E-state index in [4.69, 9.17) is 23.2 Å². The first kappa shape index (κ1) is 18.5. The summed E-state index contributed by atoms with van der Waals surface area (Å²) in [5.41, 5.74) is 0.842. The molecule has 26 heavy (non-hydrogen) atoms. The predicted molar refractivity (Wildman–Crippen MR) is 101 cm³/mol. The maximum Gasteiger partial charge on any atom is 0.255 e. The van der Waals surface area contributed by atoms with E-state index in [2.05, 4.69) is 5.32 Å². The van der Waals surface area contributed by atoms with Crippen LogP contribution in [0.15, 0.2) is 42.5 Å². The van der Waals surface area contributed by atoms with Crippen molar-refractivity contribution in [2.45, 2.75) is 18.9 Å². The van der Waals surface area contributed by atoms with Crippen molar-refractivity contribution in [2.75, 3.05) is 13.1 Å². The van der Waals surface area contributed by atoms with E-state index in [1.165, 1.54) is 12.1 Å². The summed E-state index contributed by atoms with van der Waals surface area (Å²) in [7, 11) is 0. The fraction of sp³-hybridized carbons (Fsp3) is 0.263. The van der Waals surface area contributed by atoms with Gasteiger partial charge in [0, 0.05) is 29.7 Å². The molecule has 0 unspecified atom stereocenters. The maximum atomic E-state index is 12.6. The molecule has 0 bridgehead atoms. The van der Waals surface area contributed by atoms with Gasteiger partial charge < -0.3 is 15.3 Å². The van der Waals surface area contributed by atoms with Crippen LogP contribution >= 0.6 is 23.2 Å². The number of likely N-dealkylation sites (tertiary alicyclic amines) is 1. The lowest BCUT2D eigenvalue weighted by Gasteiger charge is -2.32. The van der Waals surface area contributed by atoms with Crippen molar-refractivity contribution in [1.82, 2.24) is 10.2 Å². The van der Waals surface area contributed by atoms with Gasteiger partial charge in [-0.15, -0.1) is 0 Å². The van der Waals surface area contributed by atoms with Gasteiger partial charge in [-0.3, -0.25) is 9.59 Å². The highest BCUT2D eigenvalue weighted by molar-refractivity contribution is 6.36. The summed E-state index contributed by atoms with van der Waals surface area (Å²) in [6.45, 7) is 1.06. The van der Waals surface area contributed by atoms with Gasteiger partial charge in [0.1, 0.15) is 5.75 Å². The van der Waals surface area contributed by atoms with Crippen molar-refractivity contribution in [3.05, 3.63) is 63.6 Å². The van der Waals surface area contributed by atoms with Crippen LogP contribution < -0.4 is 5.32 Å². The summed E-state index contributed by atoms with van der Waals surface area (Å²) in [6.07, 6.45) is 1.31. The first-order valence-corrected chi connectivity index (χ1v) is 9.04. The number of hydrogen-bond acceptors (Lipinski definition) is 3. The predicted octanol–water partition coefficient (Wildman–Crippen LogP) is 3.73. The van der Waals surface area contributed by atoms with E-state index in [0.29, 0.717) is 47.1 Å². The van der Waals surface area contributed by atoms with Gasteiger partial charge >= 0.3 is 0 Å². The van der Waals surface area contributed by atoms with Crippen LogP contribution in [0.5, 0.6) is 5.75 Å². The second-order valence-corrected chi connectivity index (χ2v) is 7.06. The molecule has 2 amide bonds. The Kier molecular flexibility index (Phi) is 5.69. The SMILES string of the molecule is O=C(NC1CCN(C(=O)c2ccc(Cl)cc2Cl)CC1)c1cccc(O)c1. The topological polar surface area (TPSA) is 69.6 Å². The summed E-state index contributed by atoms with van der Waals surface area (Å²) >= 11 is 12.0. The molecule has 1 saturated heterocycles. The molecule has 1 aliphatic heterocycles.